The number of rotatable bonds is 5. The van der Waals surface area contributed by atoms with Gasteiger partial charge in [-0.05, 0) is 42.7 Å². The highest BCUT2D eigenvalue weighted by molar-refractivity contribution is 5.83. The zero-order chi connectivity index (χ0) is 18.7. The number of aryl methyl sites for hydroxylation is 1. The van der Waals surface area contributed by atoms with Gasteiger partial charge in [-0.2, -0.15) is 0 Å². The summed E-state index contributed by atoms with van der Waals surface area (Å²) in [5, 5.41) is 0. The lowest BCUT2D eigenvalue weighted by molar-refractivity contribution is 0.124. The molecule has 6 heteroatoms. The lowest BCUT2D eigenvalue weighted by atomic mass is 10.0. The minimum Gasteiger partial charge on any atom is -0.493 e. The van der Waals surface area contributed by atoms with Crippen LogP contribution in [0.2, 0.25) is 0 Å². The Bertz CT molecular complexity index is 852. The molecule has 0 fully saturated rings. The number of benzene rings is 1. The lowest BCUT2D eigenvalue weighted by Gasteiger charge is -2.13. The van der Waals surface area contributed by atoms with E-state index in [0.717, 1.165) is 41.1 Å². The molecule has 1 aliphatic rings. The summed E-state index contributed by atoms with van der Waals surface area (Å²) in [7, 11) is 6.93. The molecule has 1 unspecified atom stereocenters. The van der Waals surface area contributed by atoms with E-state index in [4.69, 9.17) is 19.9 Å². The number of ether oxygens (including phenoxy) is 3. The zero-order valence-electron chi connectivity index (χ0n) is 15.7. The normalized spacial score (nSPS) is 17.3. The summed E-state index contributed by atoms with van der Waals surface area (Å²) >= 11 is 0. The molecule has 1 aliphatic carbocycles. The first-order chi connectivity index (χ1) is 12.6. The molecule has 1 aromatic heterocycles. The average molecular weight is 355 g/mol. The number of nitrogens with zero attached hydrogens (tertiary/aromatic N) is 2. The Morgan fingerprint density at radius 1 is 1.15 bits per heavy atom. The van der Waals surface area contributed by atoms with Crippen molar-refractivity contribution in [1.82, 2.24) is 9.55 Å². The third kappa shape index (κ3) is 3.32. The third-order valence-corrected chi connectivity index (χ3v) is 4.64. The summed E-state index contributed by atoms with van der Waals surface area (Å²) in [6.07, 6.45) is 7.69. The van der Waals surface area contributed by atoms with Crippen molar-refractivity contribution in [3.8, 4) is 22.8 Å². The van der Waals surface area contributed by atoms with E-state index in [1.165, 1.54) is 0 Å². The van der Waals surface area contributed by atoms with E-state index in [2.05, 4.69) is 11.1 Å². The Morgan fingerprint density at radius 2 is 1.92 bits per heavy atom. The van der Waals surface area contributed by atoms with Crippen LogP contribution in [0.4, 0.5) is 0 Å². The monoisotopic (exact) mass is 355 g/mol. The van der Waals surface area contributed by atoms with Crippen LogP contribution in [-0.4, -0.2) is 37.0 Å². The molecule has 6 nitrogen and oxygen atoms in total. The van der Waals surface area contributed by atoms with Crippen LogP contribution < -0.4 is 15.2 Å². The molecule has 0 radical (unpaired) electrons. The van der Waals surface area contributed by atoms with E-state index < -0.39 is 0 Å². The van der Waals surface area contributed by atoms with Gasteiger partial charge in [-0.1, -0.05) is 6.08 Å². The van der Waals surface area contributed by atoms with Crippen molar-refractivity contribution >= 4 is 5.57 Å². The summed E-state index contributed by atoms with van der Waals surface area (Å²) in [6, 6.07) is 5.81. The highest BCUT2D eigenvalue weighted by atomic mass is 16.5. The second-order valence-electron chi connectivity index (χ2n) is 6.23. The van der Waals surface area contributed by atoms with Crippen LogP contribution in [0.15, 0.2) is 42.4 Å². The van der Waals surface area contributed by atoms with Crippen LogP contribution >= 0.6 is 0 Å². The van der Waals surface area contributed by atoms with Gasteiger partial charge in [0.25, 0.3) is 0 Å². The standard InChI is InChI=1S/C20H25N3O3/c1-23-12-22-19(13-8-9-17(25-3)18(11-13)26-4)20(23)14-6-5-7-16(24-2)15(21)10-14/h6,8-12,16H,5,7,21H2,1-4H3. The first kappa shape index (κ1) is 18.1. The van der Waals surface area contributed by atoms with Gasteiger partial charge >= 0.3 is 0 Å². The Hall–Kier alpha value is -2.73. The van der Waals surface area contributed by atoms with Gasteiger partial charge in [0.1, 0.15) is 0 Å². The summed E-state index contributed by atoms with van der Waals surface area (Å²) in [5.41, 5.74) is 10.9. The van der Waals surface area contributed by atoms with E-state index in [1.807, 2.05) is 42.2 Å². The maximum absolute atomic E-state index is 6.24. The number of hydrogen-bond acceptors (Lipinski definition) is 5. The van der Waals surface area contributed by atoms with E-state index in [1.54, 1.807) is 21.3 Å². The molecule has 1 heterocycles. The Morgan fingerprint density at radius 3 is 2.62 bits per heavy atom. The van der Waals surface area contributed by atoms with Gasteiger partial charge in [-0.3, -0.25) is 0 Å². The van der Waals surface area contributed by atoms with Crippen molar-refractivity contribution in [2.24, 2.45) is 12.8 Å². The fourth-order valence-electron chi connectivity index (χ4n) is 3.27. The van der Waals surface area contributed by atoms with Crippen LogP contribution in [0.5, 0.6) is 11.5 Å². The summed E-state index contributed by atoms with van der Waals surface area (Å²) in [5.74, 6) is 1.36. The van der Waals surface area contributed by atoms with Crippen LogP contribution in [0.1, 0.15) is 18.5 Å². The molecule has 0 amide bonds. The summed E-state index contributed by atoms with van der Waals surface area (Å²) < 4.78 is 18.2. The summed E-state index contributed by atoms with van der Waals surface area (Å²) in [6.45, 7) is 0. The SMILES string of the molecule is COc1ccc(-c2ncn(C)c2C2=CCCC(OC)C(N)=C2)cc1OC. The molecule has 0 spiro atoms. The van der Waals surface area contributed by atoms with E-state index in [0.29, 0.717) is 11.5 Å². The Balaban J connectivity index is 2.08. The van der Waals surface area contributed by atoms with Crippen molar-refractivity contribution in [2.45, 2.75) is 18.9 Å². The molecule has 3 rings (SSSR count). The van der Waals surface area contributed by atoms with Gasteiger partial charge in [-0.15, -0.1) is 0 Å². The topological polar surface area (TPSA) is 71.5 Å². The predicted molar refractivity (Wildman–Crippen MR) is 102 cm³/mol. The van der Waals surface area contributed by atoms with Gasteiger partial charge in [-0.25, -0.2) is 4.98 Å². The van der Waals surface area contributed by atoms with Crippen molar-refractivity contribution < 1.29 is 14.2 Å². The van der Waals surface area contributed by atoms with E-state index >= 15 is 0 Å². The molecule has 0 saturated carbocycles. The third-order valence-electron chi connectivity index (χ3n) is 4.64. The second-order valence-corrected chi connectivity index (χ2v) is 6.23. The van der Waals surface area contributed by atoms with Gasteiger partial charge in [0, 0.05) is 25.4 Å². The van der Waals surface area contributed by atoms with Crippen LogP contribution in [0.25, 0.3) is 16.8 Å². The molecule has 0 bridgehead atoms. The molecule has 0 saturated heterocycles. The maximum atomic E-state index is 6.24. The Kier molecular flexibility index (Phi) is 5.32. The molecule has 2 N–H and O–H groups in total. The minimum atomic E-state index is -0.0542. The highest BCUT2D eigenvalue weighted by Gasteiger charge is 2.20. The quantitative estimate of drug-likeness (QED) is 0.892. The molecule has 1 aromatic carbocycles. The lowest BCUT2D eigenvalue weighted by Crippen LogP contribution is -2.19. The fraction of sp³-hybridized carbons (Fsp3) is 0.350. The smallest absolute Gasteiger partial charge is 0.161 e. The number of nitrogens with two attached hydrogens (primary N) is 1. The van der Waals surface area contributed by atoms with E-state index in [-0.39, 0.29) is 6.10 Å². The molecular formula is C20H25N3O3. The Labute approximate surface area is 153 Å². The number of aromatic nitrogens is 2. The molecule has 2 aromatic rings. The van der Waals surface area contributed by atoms with Crippen molar-refractivity contribution in [3.05, 3.63) is 48.1 Å². The van der Waals surface area contributed by atoms with Gasteiger partial charge in [0.15, 0.2) is 11.5 Å². The molecular weight excluding hydrogens is 330 g/mol. The molecule has 1 atom stereocenters. The molecule has 26 heavy (non-hydrogen) atoms. The molecule has 138 valence electrons. The fourth-order valence-corrected chi connectivity index (χ4v) is 3.27. The zero-order valence-corrected chi connectivity index (χ0v) is 15.7. The first-order valence-electron chi connectivity index (χ1n) is 8.53. The number of methoxy groups -OCH3 is 3. The molecule has 0 aliphatic heterocycles. The van der Waals surface area contributed by atoms with Crippen molar-refractivity contribution in [1.29, 1.82) is 0 Å². The van der Waals surface area contributed by atoms with Gasteiger partial charge in [0.05, 0.1) is 38.0 Å². The predicted octanol–water partition coefficient (Wildman–Crippen LogP) is 3.14. The summed E-state index contributed by atoms with van der Waals surface area (Å²) in [4.78, 5) is 4.61. The van der Waals surface area contributed by atoms with Gasteiger partial charge < -0.3 is 24.5 Å². The van der Waals surface area contributed by atoms with Gasteiger partial charge in [0.2, 0.25) is 0 Å². The van der Waals surface area contributed by atoms with Crippen molar-refractivity contribution in [3.63, 3.8) is 0 Å². The first-order valence-corrected chi connectivity index (χ1v) is 8.53. The second kappa shape index (κ2) is 7.66. The highest BCUT2D eigenvalue weighted by Crippen LogP contribution is 2.36. The van der Waals surface area contributed by atoms with Crippen LogP contribution in [0.3, 0.4) is 0 Å². The minimum absolute atomic E-state index is 0.0542. The number of allylic oxidation sites excluding steroid dienone is 3. The average Bonchev–Trinajstić information content (AvgIpc) is 2.94. The van der Waals surface area contributed by atoms with Crippen LogP contribution in [-0.2, 0) is 11.8 Å². The maximum Gasteiger partial charge on any atom is 0.161 e. The van der Waals surface area contributed by atoms with Crippen molar-refractivity contribution in [2.75, 3.05) is 21.3 Å². The number of imidazole rings is 1. The number of hydrogen-bond donors (Lipinski definition) is 1. The van der Waals surface area contributed by atoms with E-state index in [9.17, 15) is 0 Å². The largest absolute Gasteiger partial charge is 0.493 e. The van der Waals surface area contributed by atoms with Crippen LogP contribution in [0, 0.1) is 0 Å².